The number of benzene rings is 2. The lowest BCUT2D eigenvalue weighted by Crippen LogP contribution is -2.22. The molecule has 0 aliphatic rings. The van der Waals surface area contributed by atoms with Gasteiger partial charge >= 0.3 is 0 Å². The molecule has 150 valence electrons. The Morgan fingerprint density at radius 3 is 2.52 bits per heavy atom. The minimum absolute atomic E-state index is 0.227. The Morgan fingerprint density at radius 1 is 1.07 bits per heavy atom. The molecule has 2 amide bonds. The van der Waals surface area contributed by atoms with E-state index in [0.717, 1.165) is 11.4 Å². The molecule has 0 aliphatic heterocycles. The molecule has 6 nitrogen and oxygen atoms in total. The van der Waals surface area contributed by atoms with Crippen LogP contribution in [0.2, 0.25) is 0 Å². The summed E-state index contributed by atoms with van der Waals surface area (Å²) >= 11 is 1.28. The zero-order chi connectivity index (χ0) is 20.8. The fourth-order valence-electron chi connectivity index (χ4n) is 2.60. The van der Waals surface area contributed by atoms with Crippen molar-refractivity contribution in [3.05, 3.63) is 75.5 Å². The average molecular weight is 412 g/mol. The molecule has 1 heterocycles. The molecule has 2 aromatic carbocycles. The molecule has 3 rings (SSSR count). The molecule has 0 atom stereocenters. The molecule has 3 aromatic rings. The first-order valence-corrected chi connectivity index (χ1v) is 9.99. The van der Waals surface area contributed by atoms with E-state index in [1.165, 1.54) is 23.5 Å². The number of anilines is 1. The van der Waals surface area contributed by atoms with Crippen LogP contribution < -0.4 is 10.6 Å². The number of amides is 2. The number of carbonyl (C=O) groups is 2. The molecule has 8 heteroatoms. The molecular formula is C21H21FN4O2S. The van der Waals surface area contributed by atoms with Crippen LogP contribution in [-0.2, 0) is 13.0 Å². The summed E-state index contributed by atoms with van der Waals surface area (Å²) in [5.41, 5.74) is 1.67. The molecule has 0 unspecified atom stereocenters. The highest BCUT2D eigenvalue weighted by Gasteiger charge is 2.14. The van der Waals surface area contributed by atoms with Crippen molar-refractivity contribution >= 4 is 28.8 Å². The van der Waals surface area contributed by atoms with Crippen LogP contribution >= 0.6 is 11.3 Å². The van der Waals surface area contributed by atoms with Crippen molar-refractivity contribution in [1.82, 2.24) is 15.5 Å². The van der Waals surface area contributed by atoms with Crippen LogP contribution in [0.15, 0.2) is 48.5 Å². The van der Waals surface area contributed by atoms with Gasteiger partial charge in [0.15, 0.2) is 0 Å². The summed E-state index contributed by atoms with van der Waals surface area (Å²) in [4.78, 5) is 24.5. The zero-order valence-electron chi connectivity index (χ0n) is 16.1. The minimum Gasteiger partial charge on any atom is -0.348 e. The number of nitrogens with one attached hydrogen (secondary N) is 2. The van der Waals surface area contributed by atoms with Crippen LogP contribution in [-0.4, -0.2) is 22.0 Å². The largest absolute Gasteiger partial charge is 0.348 e. The molecule has 1 aromatic heterocycles. The van der Waals surface area contributed by atoms with Crippen molar-refractivity contribution in [2.45, 2.75) is 26.8 Å². The van der Waals surface area contributed by atoms with Gasteiger partial charge in [-0.15, -0.1) is 10.2 Å². The van der Waals surface area contributed by atoms with Gasteiger partial charge in [0.25, 0.3) is 11.8 Å². The molecule has 0 saturated carbocycles. The highest BCUT2D eigenvalue weighted by atomic mass is 32.1. The zero-order valence-corrected chi connectivity index (χ0v) is 16.9. The quantitative estimate of drug-likeness (QED) is 0.613. The maximum atomic E-state index is 13.2. The molecule has 0 radical (unpaired) electrons. The van der Waals surface area contributed by atoms with Crippen molar-refractivity contribution in [2.24, 2.45) is 5.92 Å². The van der Waals surface area contributed by atoms with Gasteiger partial charge in [0.1, 0.15) is 10.8 Å². The van der Waals surface area contributed by atoms with Crippen molar-refractivity contribution in [2.75, 3.05) is 5.32 Å². The first kappa shape index (κ1) is 20.6. The second-order valence-electron chi connectivity index (χ2n) is 6.94. The Labute approximate surface area is 172 Å². The molecule has 0 spiro atoms. The van der Waals surface area contributed by atoms with E-state index in [-0.39, 0.29) is 24.2 Å². The topological polar surface area (TPSA) is 84.0 Å². The van der Waals surface area contributed by atoms with E-state index in [4.69, 9.17) is 0 Å². The number of halogens is 1. The van der Waals surface area contributed by atoms with E-state index in [1.54, 1.807) is 36.4 Å². The maximum Gasteiger partial charge on any atom is 0.286 e. The number of aromatic nitrogens is 2. The summed E-state index contributed by atoms with van der Waals surface area (Å²) in [7, 11) is 0. The summed E-state index contributed by atoms with van der Waals surface area (Å²) in [6.45, 7) is 4.39. The van der Waals surface area contributed by atoms with Crippen molar-refractivity contribution in [3.8, 4) is 0 Å². The monoisotopic (exact) mass is 412 g/mol. The predicted molar refractivity (Wildman–Crippen MR) is 110 cm³/mol. The van der Waals surface area contributed by atoms with Gasteiger partial charge in [-0.2, -0.15) is 0 Å². The highest BCUT2D eigenvalue weighted by molar-refractivity contribution is 7.13. The SMILES string of the molecule is CC(C)Cc1nnc(C(=O)Nc2ccc(C(=O)NCc3cccc(F)c3)cc2)s1. The molecule has 0 bridgehead atoms. The van der Waals surface area contributed by atoms with Gasteiger partial charge in [0.2, 0.25) is 5.01 Å². The van der Waals surface area contributed by atoms with Gasteiger partial charge in [0.05, 0.1) is 0 Å². The van der Waals surface area contributed by atoms with Crippen LogP contribution in [0.3, 0.4) is 0 Å². The van der Waals surface area contributed by atoms with Gasteiger partial charge in [-0.1, -0.05) is 37.3 Å². The molecular weight excluding hydrogens is 391 g/mol. The Bertz CT molecular complexity index is 1000. The predicted octanol–water partition coefficient (Wildman–Crippen LogP) is 4.06. The van der Waals surface area contributed by atoms with E-state index in [2.05, 4.69) is 34.7 Å². The number of hydrogen-bond acceptors (Lipinski definition) is 5. The van der Waals surface area contributed by atoms with Gasteiger partial charge in [-0.05, 0) is 47.9 Å². The maximum absolute atomic E-state index is 13.2. The lowest BCUT2D eigenvalue weighted by Gasteiger charge is -2.07. The molecule has 0 fully saturated rings. The van der Waals surface area contributed by atoms with Crippen LogP contribution in [0.1, 0.15) is 44.6 Å². The summed E-state index contributed by atoms with van der Waals surface area (Å²) in [6, 6.07) is 12.6. The lowest BCUT2D eigenvalue weighted by atomic mass is 10.1. The summed E-state index contributed by atoms with van der Waals surface area (Å²) in [5, 5.41) is 14.6. The number of carbonyl (C=O) groups excluding carboxylic acids is 2. The number of nitrogens with zero attached hydrogens (tertiary/aromatic N) is 2. The molecule has 29 heavy (non-hydrogen) atoms. The first-order valence-electron chi connectivity index (χ1n) is 9.17. The minimum atomic E-state index is -0.344. The van der Waals surface area contributed by atoms with E-state index >= 15 is 0 Å². The second-order valence-corrected chi connectivity index (χ2v) is 8.01. The molecule has 2 N–H and O–H groups in total. The van der Waals surface area contributed by atoms with Crippen LogP contribution in [0.25, 0.3) is 0 Å². The third-order valence-electron chi connectivity index (χ3n) is 3.99. The number of rotatable bonds is 7. The summed E-state index contributed by atoms with van der Waals surface area (Å²) < 4.78 is 13.2. The van der Waals surface area contributed by atoms with Crippen LogP contribution in [0.4, 0.5) is 10.1 Å². The fourth-order valence-corrected chi connectivity index (χ4v) is 3.54. The smallest absolute Gasteiger partial charge is 0.286 e. The van der Waals surface area contributed by atoms with E-state index in [9.17, 15) is 14.0 Å². The van der Waals surface area contributed by atoms with Crippen LogP contribution in [0.5, 0.6) is 0 Å². The summed E-state index contributed by atoms with van der Waals surface area (Å²) in [6.07, 6.45) is 0.782. The van der Waals surface area contributed by atoms with Crippen molar-refractivity contribution in [1.29, 1.82) is 0 Å². The van der Waals surface area contributed by atoms with E-state index in [1.807, 2.05) is 0 Å². The standard InChI is InChI=1S/C21H21FN4O2S/c1-13(2)10-18-25-26-21(29-18)20(28)24-17-8-6-15(7-9-17)19(27)23-12-14-4-3-5-16(22)11-14/h3-9,11,13H,10,12H2,1-2H3,(H,23,27)(H,24,28). The summed E-state index contributed by atoms with van der Waals surface area (Å²) in [5.74, 6) is -0.516. The Hall–Kier alpha value is -3.13. The first-order chi connectivity index (χ1) is 13.9. The van der Waals surface area contributed by atoms with Gasteiger partial charge in [0, 0.05) is 24.2 Å². The Kier molecular flexibility index (Phi) is 6.66. The molecule has 0 saturated heterocycles. The normalized spacial score (nSPS) is 10.8. The average Bonchev–Trinajstić information content (AvgIpc) is 3.15. The Balaban J connectivity index is 1.55. The van der Waals surface area contributed by atoms with E-state index in [0.29, 0.717) is 27.7 Å². The molecule has 0 aliphatic carbocycles. The van der Waals surface area contributed by atoms with Crippen LogP contribution in [0, 0.1) is 11.7 Å². The lowest BCUT2D eigenvalue weighted by molar-refractivity contribution is 0.0950. The highest BCUT2D eigenvalue weighted by Crippen LogP contribution is 2.17. The third-order valence-corrected chi connectivity index (χ3v) is 4.94. The number of hydrogen-bond donors (Lipinski definition) is 2. The fraction of sp³-hybridized carbons (Fsp3) is 0.238. The van der Waals surface area contributed by atoms with Gasteiger partial charge in [-0.3, -0.25) is 9.59 Å². The Morgan fingerprint density at radius 2 is 1.83 bits per heavy atom. The van der Waals surface area contributed by atoms with E-state index < -0.39 is 0 Å². The second kappa shape index (κ2) is 9.38. The van der Waals surface area contributed by atoms with Crippen molar-refractivity contribution < 1.29 is 14.0 Å². The van der Waals surface area contributed by atoms with Gasteiger partial charge in [-0.25, -0.2) is 4.39 Å². The third kappa shape index (κ3) is 5.92. The van der Waals surface area contributed by atoms with Gasteiger partial charge < -0.3 is 10.6 Å². The van der Waals surface area contributed by atoms with Crippen molar-refractivity contribution in [3.63, 3.8) is 0 Å².